The highest BCUT2D eigenvalue weighted by Crippen LogP contribution is 2.38. The van der Waals surface area contributed by atoms with Gasteiger partial charge in [-0.05, 0) is 36.5 Å². The van der Waals surface area contributed by atoms with Gasteiger partial charge in [-0.15, -0.1) is 0 Å². The molecule has 1 fully saturated rings. The van der Waals surface area contributed by atoms with Crippen LogP contribution in [0.3, 0.4) is 0 Å². The van der Waals surface area contributed by atoms with Crippen molar-refractivity contribution in [2.24, 2.45) is 23.7 Å². The highest BCUT2D eigenvalue weighted by molar-refractivity contribution is 4.78. The summed E-state index contributed by atoms with van der Waals surface area (Å²) < 4.78 is 0. The molecule has 4 unspecified atom stereocenters. The van der Waals surface area contributed by atoms with Crippen molar-refractivity contribution in [3.05, 3.63) is 0 Å². The van der Waals surface area contributed by atoms with Gasteiger partial charge < -0.3 is 0 Å². The van der Waals surface area contributed by atoms with Gasteiger partial charge in [0.15, 0.2) is 0 Å². The van der Waals surface area contributed by atoms with Crippen LogP contribution in [0.2, 0.25) is 0 Å². The lowest BCUT2D eigenvalue weighted by Crippen LogP contribution is -2.25. The van der Waals surface area contributed by atoms with Crippen LogP contribution in [-0.2, 0) is 0 Å². The van der Waals surface area contributed by atoms with Crippen LogP contribution in [0.15, 0.2) is 0 Å². The summed E-state index contributed by atoms with van der Waals surface area (Å²) in [5, 5.41) is 0. The minimum atomic E-state index is 0.938. The normalized spacial score (nSPS) is 30.0. The molecule has 0 saturated heterocycles. The Labute approximate surface area is 103 Å². The Bertz CT molecular complexity index is 173. The molecule has 1 saturated carbocycles. The first kappa shape index (κ1) is 14.1. The summed E-state index contributed by atoms with van der Waals surface area (Å²) in [6.45, 7) is 9.64. The molecule has 0 amide bonds. The fraction of sp³-hybridized carbons (Fsp3) is 1.00. The lowest BCUT2D eigenvalue weighted by atomic mass is 9.70. The third-order valence-electron chi connectivity index (χ3n) is 5.03. The van der Waals surface area contributed by atoms with Crippen LogP contribution in [0.1, 0.15) is 79.1 Å². The van der Waals surface area contributed by atoms with Gasteiger partial charge in [-0.25, -0.2) is 0 Å². The zero-order valence-electron chi connectivity index (χ0n) is 12.0. The fourth-order valence-corrected chi connectivity index (χ4v) is 3.47. The second-order valence-electron chi connectivity index (χ2n) is 6.18. The molecule has 0 heteroatoms. The van der Waals surface area contributed by atoms with Gasteiger partial charge >= 0.3 is 0 Å². The first-order chi connectivity index (χ1) is 7.69. The summed E-state index contributed by atoms with van der Waals surface area (Å²) in [7, 11) is 0. The van der Waals surface area contributed by atoms with Crippen molar-refractivity contribution in [2.75, 3.05) is 0 Å². The lowest BCUT2D eigenvalue weighted by Gasteiger charge is -2.35. The number of hydrogen-bond acceptors (Lipinski definition) is 0. The zero-order chi connectivity index (χ0) is 12.0. The molecule has 0 aromatic rings. The largest absolute Gasteiger partial charge is 0.0651 e. The van der Waals surface area contributed by atoms with Crippen molar-refractivity contribution in [3.8, 4) is 0 Å². The van der Waals surface area contributed by atoms with Crippen molar-refractivity contribution in [3.63, 3.8) is 0 Å². The maximum absolute atomic E-state index is 2.50. The van der Waals surface area contributed by atoms with Crippen LogP contribution in [0.4, 0.5) is 0 Å². The third kappa shape index (κ3) is 4.11. The van der Waals surface area contributed by atoms with E-state index in [4.69, 9.17) is 0 Å². The first-order valence-corrected chi connectivity index (χ1v) is 7.69. The molecule has 0 aromatic heterocycles. The third-order valence-corrected chi connectivity index (χ3v) is 5.03. The molecule has 0 radical (unpaired) electrons. The predicted molar refractivity (Wildman–Crippen MR) is 73.6 cm³/mol. The molecule has 0 aliphatic heterocycles. The van der Waals surface area contributed by atoms with Gasteiger partial charge in [0.2, 0.25) is 0 Å². The summed E-state index contributed by atoms with van der Waals surface area (Å²) >= 11 is 0. The second-order valence-corrected chi connectivity index (χ2v) is 6.18. The second kappa shape index (κ2) is 7.35. The van der Waals surface area contributed by atoms with E-state index in [1.54, 1.807) is 0 Å². The lowest BCUT2D eigenvalue weighted by molar-refractivity contribution is 0.155. The van der Waals surface area contributed by atoms with Crippen molar-refractivity contribution < 1.29 is 0 Å². The quantitative estimate of drug-likeness (QED) is 0.545. The average molecular weight is 224 g/mol. The van der Waals surface area contributed by atoms with E-state index in [1.807, 2.05) is 0 Å². The molecule has 1 aliphatic carbocycles. The highest BCUT2D eigenvalue weighted by Gasteiger charge is 2.27. The highest BCUT2D eigenvalue weighted by atomic mass is 14.3. The molecule has 0 bridgehead atoms. The smallest absolute Gasteiger partial charge is 0.0360 e. The maximum Gasteiger partial charge on any atom is -0.0360 e. The van der Waals surface area contributed by atoms with Crippen molar-refractivity contribution in [1.82, 2.24) is 0 Å². The number of rotatable bonds is 6. The molecular weight excluding hydrogens is 192 g/mol. The van der Waals surface area contributed by atoms with Gasteiger partial charge in [0.1, 0.15) is 0 Å². The molecule has 0 aromatic carbocycles. The van der Waals surface area contributed by atoms with E-state index in [1.165, 1.54) is 51.4 Å². The standard InChI is InChI=1S/C16H32/c1-5-13(3)11-12-15(6-2)16-10-8-7-9-14(16)4/h13-16H,5-12H2,1-4H3. The Hall–Kier alpha value is 0. The molecule has 0 heterocycles. The summed E-state index contributed by atoms with van der Waals surface area (Å²) in [4.78, 5) is 0. The van der Waals surface area contributed by atoms with E-state index in [9.17, 15) is 0 Å². The summed E-state index contributed by atoms with van der Waals surface area (Å²) in [6, 6.07) is 0. The first-order valence-electron chi connectivity index (χ1n) is 7.69. The minimum Gasteiger partial charge on any atom is -0.0651 e. The SMILES string of the molecule is CCC(C)CCC(CC)C1CCCCC1C. The fourth-order valence-electron chi connectivity index (χ4n) is 3.47. The Balaban J connectivity index is 2.39. The summed E-state index contributed by atoms with van der Waals surface area (Å²) in [6.07, 6.45) is 11.7. The van der Waals surface area contributed by atoms with E-state index in [0.717, 1.165) is 23.7 Å². The molecule has 16 heavy (non-hydrogen) atoms. The van der Waals surface area contributed by atoms with Crippen LogP contribution in [0.5, 0.6) is 0 Å². The zero-order valence-corrected chi connectivity index (χ0v) is 12.0. The Kier molecular flexibility index (Phi) is 6.46. The molecule has 96 valence electrons. The predicted octanol–water partition coefficient (Wildman–Crippen LogP) is 5.67. The van der Waals surface area contributed by atoms with E-state index >= 15 is 0 Å². The van der Waals surface area contributed by atoms with E-state index < -0.39 is 0 Å². The molecule has 4 atom stereocenters. The van der Waals surface area contributed by atoms with Gasteiger partial charge in [0.25, 0.3) is 0 Å². The Morgan fingerprint density at radius 2 is 1.69 bits per heavy atom. The summed E-state index contributed by atoms with van der Waals surface area (Å²) in [5.74, 6) is 4.00. The van der Waals surface area contributed by atoms with Gasteiger partial charge in [0.05, 0.1) is 0 Å². The van der Waals surface area contributed by atoms with Crippen LogP contribution < -0.4 is 0 Å². The van der Waals surface area contributed by atoms with Crippen molar-refractivity contribution in [1.29, 1.82) is 0 Å². The van der Waals surface area contributed by atoms with Crippen molar-refractivity contribution >= 4 is 0 Å². The molecule has 1 aliphatic rings. The van der Waals surface area contributed by atoms with E-state index in [-0.39, 0.29) is 0 Å². The molecular formula is C16H32. The molecule has 0 spiro atoms. The van der Waals surface area contributed by atoms with Crippen molar-refractivity contribution in [2.45, 2.75) is 79.1 Å². The summed E-state index contributed by atoms with van der Waals surface area (Å²) in [5.41, 5.74) is 0. The monoisotopic (exact) mass is 224 g/mol. The Morgan fingerprint density at radius 1 is 1.00 bits per heavy atom. The van der Waals surface area contributed by atoms with Crippen LogP contribution in [0, 0.1) is 23.7 Å². The van der Waals surface area contributed by atoms with Gasteiger partial charge in [0, 0.05) is 0 Å². The molecule has 1 rings (SSSR count). The van der Waals surface area contributed by atoms with Crippen LogP contribution in [0.25, 0.3) is 0 Å². The maximum atomic E-state index is 2.50. The molecule has 0 N–H and O–H groups in total. The minimum absolute atomic E-state index is 0.938. The van der Waals surface area contributed by atoms with Gasteiger partial charge in [-0.2, -0.15) is 0 Å². The van der Waals surface area contributed by atoms with E-state index in [2.05, 4.69) is 27.7 Å². The van der Waals surface area contributed by atoms with Gasteiger partial charge in [-0.3, -0.25) is 0 Å². The van der Waals surface area contributed by atoms with Gasteiger partial charge in [-0.1, -0.05) is 66.2 Å². The number of hydrogen-bond donors (Lipinski definition) is 0. The van der Waals surface area contributed by atoms with Crippen LogP contribution >= 0.6 is 0 Å². The average Bonchev–Trinajstić information content (AvgIpc) is 2.31. The van der Waals surface area contributed by atoms with E-state index in [0.29, 0.717) is 0 Å². The Morgan fingerprint density at radius 3 is 2.25 bits per heavy atom. The van der Waals surface area contributed by atoms with Crippen LogP contribution in [-0.4, -0.2) is 0 Å². The topological polar surface area (TPSA) is 0 Å². The molecule has 0 nitrogen and oxygen atoms in total.